The molecule has 1 aliphatic rings. The molecule has 4 rings (SSSR count). The Kier molecular flexibility index (Phi) is 4.03. The monoisotopic (exact) mass is 320 g/mol. The van der Waals surface area contributed by atoms with E-state index in [0.717, 1.165) is 18.7 Å². The first kappa shape index (κ1) is 15.3. The van der Waals surface area contributed by atoms with E-state index < -0.39 is 0 Å². The highest BCUT2D eigenvalue weighted by molar-refractivity contribution is 5.81. The number of para-hydroxylation sites is 2. The zero-order valence-corrected chi connectivity index (χ0v) is 14.2. The molecular formula is C21H24N2O. The summed E-state index contributed by atoms with van der Waals surface area (Å²) in [5.74, 6) is 0.387. The molecule has 1 unspecified atom stereocenters. The summed E-state index contributed by atoms with van der Waals surface area (Å²) in [6, 6.07) is 18.7. The maximum Gasteiger partial charge on any atom is 0.120 e. The summed E-state index contributed by atoms with van der Waals surface area (Å²) in [4.78, 5) is 2.52. The van der Waals surface area contributed by atoms with E-state index in [-0.39, 0.29) is 6.04 Å². The molecule has 24 heavy (non-hydrogen) atoms. The van der Waals surface area contributed by atoms with Crippen LogP contribution in [0, 0.1) is 0 Å². The Balaban J connectivity index is 1.88. The smallest absolute Gasteiger partial charge is 0.120 e. The van der Waals surface area contributed by atoms with Crippen molar-refractivity contribution >= 4 is 10.9 Å². The molecule has 2 aromatic carbocycles. The average molecular weight is 320 g/mol. The third kappa shape index (κ3) is 2.59. The van der Waals surface area contributed by atoms with Gasteiger partial charge < -0.3 is 9.67 Å². The van der Waals surface area contributed by atoms with Crippen LogP contribution in [0.15, 0.2) is 54.6 Å². The molecule has 2 heterocycles. The fraction of sp³-hybridized carbons (Fsp3) is 0.333. The largest absolute Gasteiger partial charge is 0.508 e. The molecule has 0 saturated carbocycles. The molecular weight excluding hydrogens is 296 g/mol. The van der Waals surface area contributed by atoms with E-state index in [4.69, 9.17) is 0 Å². The van der Waals surface area contributed by atoms with Gasteiger partial charge in [0, 0.05) is 23.8 Å². The van der Waals surface area contributed by atoms with Gasteiger partial charge in [-0.2, -0.15) is 0 Å². The van der Waals surface area contributed by atoms with Crippen LogP contribution in [-0.2, 0) is 7.05 Å². The van der Waals surface area contributed by atoms with E-state index in [1.54, 1.807) is 6.07 Å². The quantitative estimate of drug-likeness (QED) is 0.772. The molecule has 0 bridgehead atoms. The van der Waals surface area contributed by atoms with Crippen molar-refractivity contribution in [2.75, 3.05) is 13.1 Å². The number of likely N-dealkylation sites (tertiary alicyclic amines) is 1. The zero-order chi connectivity index (χ0) is 16.5. The first-order valence-electron chi connectivity index (χ1n) is 8.82. The van der Waals surface area contributed by atoms with Gasteiger partial charge in [0.1, 0.15) is 5.75 Å². The Morgan fingerprint density at radius 3 is 2.38 bits per heavy atom. The highest BCUT2D eigenvalue weighted by Crippen LogP contribution is 2.37. The van der Waals surface area contributed by atoms with Crippen molar-refractivity contribution in [2.24, 2.45) is 7.05 Å². The van der Waals surface area contributed by atoms with E-state index in [2.05, 4.69) is 52.9 Å². The van der Waals surface area contributed by atoms with Gasteiger partial charge in [0.2, 0.25) is 0 Å². The Bertz CT molecular complexity index is 846. The molecule has 3 nitrogen and oxygen atoms in total. The summed E-state index contributed by atoms with van der Waals surface area (Å²) in [5.41, 5.74) is 3.50. The van der Waals surface area contributed by atoms with Crippen molar-refractivity contribution in [2.45, 2.75) is 25.3 Å². The topological polar surface area (TPSA) is 28.4 Å². The van der Waals surface area contributed by atoms with E-state index in [1.165, 1.54) is 35.9 Å². The summed E-state index contributed by atoms with van der Waals surface area (Å²) < 4.78 is 2.28. The molecule has 3 heteroatoms. The van der Waals surface area contributed by atoms with E-state index in [1.807, 2.05) is 12.1 Å². The Morgan fingerprint density at radius 1 is 0.917 bits per heavy atom. The van der Waals surface area contributed by atoms with Gasteiger partial charge in [0.25, 0.3) is 0 Å². The van der Waals surface area contributed by atoms with Gasteiger partial charge in [-0.05, 0) is 49.5 Å². The van der Waals surface area contributed by atoms with Crippen LogP contribution in [0.4, 0.5) is 0 Å². The zero-order valence-electron chi connectivity index (χ0n) is 14.2. The number of phenols is 1. The summed E-state index contributed by atoms with van der Waals surface area (Å²) >= 11 is 0. The third-order valence-electron chi connectivity index (χ3n) is 5.26. The second-order valence-corrected chi connectivity index (χ2v) is 6.75. The molecule has 124 valence electrons. The van der Waals surface area contributed by atoms with Crippen LogP contribution >= 0.6 is 0 Å². The van der Waals surface area contributed by atoms with E-state index in [0.29, 0.717) is 5.75 Å². The number of phenolic OH excluding ortho intramolecular Hbond substituents is 1. The van der Waals surface area contributed by atoms with Crippen LogP contribution in [0.5, 0.6) is 5.75 Å². The number of benzene rings is 2. The Labute approximate surface area is 143 Å². The number of aromatic nitrogens is 1. The molecule has 0 spiro atoms. The number of aryl methyl sites for hydroxylation is 1. The summed E-state index contributed by atoms with van der Waals surface area (Å²) in [6.07, 6.45) is 3.77. The maximum atomic E-state index is 10.5. The lowest BCUT2D eigenvalue weighted by molar-refractivity contribution is 0.180. The first-order valence-corrected chi connectivity index (χ1v) is 8.82. The molecule has 1 saturated heterocycles. The van der Waals surface area contributed by atoms with Crippen molar-refractivity contribution in [3.8, 4) is 5.75 Å². The lowest BCUT2D eigenvalue weighted by atomic mass is 9.98. The van der Waals surface area contributed by atoms with Crippen molar-refractivity contribution in [1.29, 1.82) is 0 Å². The highest BCUT2D eigenvalue weighted by Gasteiger charge is 2.28. The number of rotatable bonds is 3. The highest BCUT2D eigenvalue weighted by atomic mass is 16.3. The van der Waals surface area contributed by atoms with Crippen LogP contribution in [0.3, 0.4) is 0 Å². The summed E-state index contributed by atoms with van der Waals surface area (Å²) in [7, 11) is 2.13. The Morgan fingerprint density at radius 2 is 1.62 bits per heavy atom. The second-order valence-electron chi connectivity index (χ2n) is 6.75. The van der Waals surface area contributed by atoms with Crippen LogP contribution < -0.4 is 0 Å². The SMILES string of the molecule is Cn1c(C(c2ccccc2O)N2CCCCC2)cc2ccccc21. The standard InChI is InChI=1S/C21H24N2O/c1-22-18-11-5-3-9-16(18)15-19(22)21(23-13-7-2-8-14-23)17-10-4-6-12-20(17)24/h3-6,9-12,15,21,24H,2,7-8,13-14H2,1H3. The van der Waals surface area contributed by atoms with Crippen molar-refractivity contribution in [1.82, 2.24) is 9.47 Å². The predicted octanol–water partition coefficient (Wildman–Crippen LogP) is 4.46. The lowest BCUT2D eigenvalue weighted by Gasteiger charge is -2.35. The summed E-state index contributed by atoms with van der Waals surface area (Å²) in [5, 5.41) is 11.8. The van der Waals surface area contributed by atoms with E-state index >= 15 is 0 Å². The van der Waals surface area contributed by atoms with Crippen molar-refractivity contribution < 1.29 is 5.11 Å². The number of aromatic hydroxyl groups is 1. The summed E-state index contributed by atoms with van der Waals surface area (Å²) in [6.45, 7) is 2.17. The number of piperidine rings is 1. The Hall–Kier alpha value is -2.26. The van der Waals surface area contributed by atoms with Crippen LogP contribution in [0.1, 0.15) is 36.6 Å². The van der Waals surface area contributed by atoms with Crippen LogP contribution in [0.25, 0.3) is 10.9 Å². The lowest BCUT2D eigenvalue weighted by Crippen LogP contribution is -2.35. The van der Waals surface area contributed by atoms with Crippen LogP contribution in [0.2, 0.25) is 0 Å². The fourth-order valence-electron chi connectivity index (χ4n) is 4.01. The minimum absolute atomic E-state index is 0.101. The molecule has 3 aromatic rings. The van der Waals surface area contributed by atoms with Gasteiger partial charge in [-0.1, -0.05) is 42.8 Å². The van der Waals surface area contributed by atoms with E-state index in [9.17, 15) is 5.11 Å². The average Bonchev–Trinajstić information content (AvgIpc) is 2.95. The van der Waals surface area contributed by atoms with Crippen LogP contribution in [-0.4, -0.2) is 27.7 Å². The number of nitrogens with zero attached hydrogens (tertiary/aromatic N) is 2. The van der Waals surface area contributed by atoms with Gasteiger partial charge in [-0.15, -0.1) is 0 Å². The molecule has 0 amide bonds. The molecule has 1 aromatic heterocycles. The molecule has 1 atom stereocenters. The molecule has 1 fully saturated rings. The number of hydrogen-bond donors (Lipinski definition) is 1. The third-order valence-corrected chi connectivity index (χ3v) is 5.26. The molecule has 1 N–H and O–H groups in total. The number of hydrogen-bond acceptors (Lipinski definition) is 2. The van der Waals surface area contributed by atoms with Crippen molar-refractivity contribution in [3.05, 3.63) is 65.9 Å². The molecule has 1 aliphatic heterocycles. The predicted molar refractivity (Wildman–Crippen MR) is 98.3 cm³/mol. The van der Waals surface area contributed by atoms with Gasteiger partial charge in [-0.3, -0.25) is 4.90 Å². The molecule has 0 radical (unpaired) electrons. The maximum absolute atomic E-state index is 10.5. The minimum atomic E-state index is 0.101. The second kappa shape index (κ2) is 6.33. The van der Waals surface area contributed by atoms with Gasteiger partial charge in [-0.25, -0.2) is 0 Å². The molecule has 0 aliphatic carbocycles. The fourth-order valence-corrected chi connectivity index (χ4v) is 4.01. The van der Waals surface area contributed by atoms with Gasteiger partial charge in [0.05, 0.1) is 6.04 Å². The van der Waals surface area contributed by atoms with Gasteiger partial charge in [0.15, 0.2) is 0 Å². The number of fused-ring (bicyclic) bond motifs is 1. The minimum Gasteiger partial charge on any atom is -0.508 e. The normalized spacial score (nSPS) is 17.2. The first-order chi connectivity index (χ1) is 11.8. The van der Waals surface area contributed by atoms with Gasteiger partial charge >= 0.3 is 0 Å². The van der Waals surface area contributed by atoms with Crippen molar-refractivity contribution in [3.63, 3.8) is 0 Å².